The molecular formula is C17H15NO2S. The van der Waals surface area contributed by atoms with Crippen LogP contribution in [-0.4, -0.2) is 18.6 Å². The molecule has 3 rings (SSSR count). The second-order valence-corrected chi connectivity index (χ2v) is 6.22. The molecule has 0 amide bonds. The molecule has 0 bridgehead atoms. The fourth-order valence-corrected chi connectivity index (χ4v) is 3.66. The van der Waals surface area contributed by atoms with Gasteiger partial charge in [0.05, 0.1) is 11.4 Å². The third-order valence-corrected chi connectivity index (χ3v) is 4.77. The van der Waals surface area contributed by atoms with Gasteiger partial charge in [-0.2, -0.15) is 0 Å². The van der Waals surface area contributed by atoms with Crippen LogP contribution >= 0.6 is 11.8 Å². The molecule has 21 heavy (non-hydrogen) atoms. The number of ketones is 2. The molecule has 0 aromatic heterocycles. The first-order chi connectivity index (χ1) is 9.97. The van der Waals surface area contributed by atoms with Crippen LogP contribution < -0.4 is 4.90 Å². The number of carbonyl (C=O) groups excluding carboxylic acids is 2. The molecule has 0 aliphatic carbocycles. The normalized spacial score (nSPS) is 12.6. The Labute approximate surface area is 128 Å². The third kappa shape index (κ3) is 2.36. The maximum atomic E-state index is 11.5. The minimum atomic E-state index is 0.0596. The van der Waals surface area contributed by atoms with Crippen LogP contribution in [0.15, 0.2) is 46.2 Å². The summed E-state index contributed by atoms with van der Waals surface area (Å²) in [6.45, 7) is 3.14. The molecule has 0 N–H and O–H groups in total. The first kappa shape index (κ1) is 13.9. The van der Waals surface area contributed by atoms with Gasteiger partial charge in [-0.05, 0) is 50.2 Å². The predicted molar refractivity (Wildman–Crippen MR) is 85.1 cm³/mol. The monoisotopic (exact) mass is 297 g/mol. The highest BCUT2D eigenvalue weighted by atomic mass is 32.2. The SMILES string of the molecule is CC(=O)c1ccc2c(c1)Sc1cc(C(C)=O)ccc1N2C. The van der Waals surface area contributed by atoms with Crippen LogP contribution in [0, 0.1) is 0 Å². The summed E-state index contributed by atoms with van der Waals surface area (Å²) in [5.41, 5.74) is 3.57. The van der Waals surface area contributed by atoms with Gasteiger partial charge in [0.1, 0.15) is 0 Å². The van der Waals surface area contributed by atoms with E-state index in [-0.39, 0.29) is 11.6 Å². The summed E-state index contributed by atoms with van der Waals surface area (Å²) in [5.74, 6) is 0.119. The third-order valence-electron chi connectivity index (χ3n) is 3.68. The molecule has 3 nitrogen and oxygen atoms in total. The smallest absolute Gasteiger partial charge is 0.159 e. The molecule has 0 fully saturated rings. The van der Waals surface area contributed by atoms with Crippen molar-refractivity contribution in [3.05, 3.63) is 47.5 Å². The lowest BCUT2D eigenvalue weighted by Gasteiger charge is -2.30. The van der Waals surface area contributed by atoms with Gasteiger partial charge in [-0.1, -0.05) is 11.8 Å². The van der Waals surface area contributed by atoms with Crippen molar-refractivity contribution in [2.24, 2.45) is 0 Å². The number of hydrogen-bond donors (Lipinski definition) is 0. The molecule has 4 heteroatoms. The van der Waals surface area contributed by atoms with E-state index < -0.39 is 0 Å². The predicted octanol–water partition coefficient (Wildman–Crippen LogP) is 4.32. The van der Waals surface area contributed by atoms with E-state index >= 15 is 0 Å². The summed E-state index contributed by atoms with van der Waals surface area (Å²) in [7, 11) is 2.00. The van der Waals surface area contributed by atoms with Gasteiger partial charge in [-0.25, -0.2) is 0 Å². The van der Waals surface area contributed by atoms with Gasteiger partial charge >= 0.3 is 0 Å². The van der Waals surface area contributed by atoms with E-state index in [1.165, 1.54) is 0 Å². The van der Waals surface area contributed by atoms with Crippen LogP contribution in [0.4, 0.5) is 11.4 Å². The van der Waals surface area contributed by atoms with Crippen molar-refractivity contribution in [2.45, 2.75) is 23.6 Å². The van der Waals surface area contributed by atoms with E-state index in [0.717, 1.165) is 21.2 Å². The van der Waals surface area contributed by atoms with Crippen molar-refractivity contribution in [1.82, 2.24) is 0 Å². The lowest BCUT2D eigenvalue weighted by molar-refractivity contribution is 0.100. The number of fused-ring (bicyclic) bond motifs is 2. The van der Waals surface area contributed by atoms with Crippen molar-refractivity contribution in [3.8, 4) is 0 Å². The van der Waals surface area contributed by atoms with Crippen LogP contribution in [0.5, 0.6) is 0 Å². The average Bonchev–Trinajstić information content (AvgIpc) is 2.46. The summed E-state index contributed by atoms with van der Waals surface area (Å²) in [6, 6.07) is 11.5. The molecule has 0 radical (unpaired) electrons. The summed E-state index contributed by atoms with van der Waals surface area (Å²) in [4.78, 5) is 27.2. The standard InChI is InChI=1S/C17H15NO2S/c1-10(19)12-4-6-14-16(8-12)21-17-9-13(11(2)20)5-7-15(17)18(14)3/h4-9H,1-3H3. The molecule has 0 atom stereocenters. The van der Waals surface area contributed by atoms with Gasteiger partial charge in [0.25, 0.3) is 0 Å². The number of Topliss-reactive ketones (excluding diaryl/α,β-unsaturated/α-hetero) is 2. The Bertz CT molecular complexity index is 704. The summed E-state index contributed by atoms with van der Waals surface area (Å²) < 4.78 is 0. The van der Waals surface area contributed by atoms with E-state index in [1.54, 1.807) is 25.6 Å². The number of nitrogens with zero attached hydrogens (tertiary/aromatic N) is 1. The Hall–Kier alpha value is -2.07. The van der Waals surface area contributed by atoms with Gasteiger partial charge in [0.15, 0.2) is 11.6 Å². The Morgan fingerprint density at radius 3 is 1.67 bits per heavy atom. The zero-order valence-electron chi connectivity index (χ0n) is 12.1. The maximum Gasteiger partial charge on any atom is 0.159 e. The van der Waals surface area contributed by atoms with Crippen LogP contribution in [0.25, 0.3) is 0 Å². The summed E-state index contributed by atoms with van der Waals surface area (Å²) in [6.07, 6.45) is 0. The van der Waals surface area contributed by atoms with Crippen LogP contribution in [0.1, 0.15) is 34.6 Å². The molecule has 2 aromatic rings. The molecule has 0 saturated heterocycles. The number of carbonyl (C=O) groups is 2. The van der Waals surface area contributed by atoms with Crippen molar-refractivity contribution in [2.75, 3.05) is 11.9 Å². The highest BCUT2D eigenvalue weighted by Crippen LogP contribution is 2.47. The number of anilines is 2. The zero-order valence-corrected chi connectivity index (χ0v) is 13.0. The van der Waals surface area contributed by atoms with Crippen molar-refractivity contribution in [3.63, 3.8) is 0 Å². The molecule has 2 aromatic carbocycles. The maximum absolute atomic E-state index is 11.5. The molecule has 106 valence electrons. The Balaban J connectivity index is 2.10. The van der Waals surface area contributed by atoms with Gasteiger partial charge in [-0.3, -0.25) is 9.59 Å². The van der Waals surface area contributed by atoms with Crippen molar-refractivity contribution >= 4 is 34.7 Å². The first-order valence-corrected chi connectivity index (χ1v) is 7.50. The van der Waals surface area contributed by atoms with E-state index in [0.29, 0.717) is 11.1 Å². The van der Waals surface area contributed by atoms with Crippen LogP contribution in [0.2, 0.25) is 0 Å². The van der Waals surface area contributed by atoms with E-state index in [2.05, 4.69) is 4.90 Å². The minimum absolute atomic E-state index is 0.0596. The average molecular weight is 297 g/mol. The Morgan fingerprint density at radius 2 is 1.29 bits per heavy atom. The topological polar surface area (TPSA) is 37.4 Å². The lowest BCUT2D eigenvalue weighted by atomic mass is 10.1. The van der Waals surface area contributed by atoms with Gasteiger partial charge in [0, 0.05) is 28.0 Å². The summed E-state index contributed by atoms with van der Waals surface area (Å²) in [5, 5.41) is 0. The van der Waals surface area contributed by atoms with Gasteiger partial charge in [-0.15, -0.1) is 0 Å². The van der Waals surface area contributed by atoms with E-state index in [1.807, 2.05) is 43.4 Å². The van der Waals surface area contributed by atoms with Crippen LogP contribution in [-0.2, 0) is 0 Å². The highest BCUT2D eigenvalue weighted by molar-refractivity contribution is 7.99. The zero-order chi connectivity index (χ0) is 15.1. The van der Waals surface area contributed by atoms with Gasteiger partial charge in [0.2, 0.25) is 0 Å². The van der Waals surface area contributed by atoms with Crippen molar-refractivity contribution < 1.29 is 9.59 Å². The fourth-order valence-electron chi connectivity index (χ4n) is 2.43. The minimum Gasteiger partial charge on any atom is -0.343 e. The van der Waals surface area contributed by atoms with E-state index in [9.17, 15) is 9.59 Å². The second kappa shape index (κ2) is 5.04. The van der Waals surface area contributed by atoms with Crippen molar-refractivity contribution in [1.29, 1.82) is 0 Å². The number of hydrogen-bond acceptors (Lipinski definition) is 4. The molecule has 1 aliphatic rings. The molecule has 0 spiro atoms. The number of rotatable bonds is 2. The Kier molecular flexibility index (Phi) is 3.33. The van der Waals surface area contributed by atoms with Crippen LogP contribution in [0.3, 0.4) is 0 Å². The second-order valence-electron chi connectivity index (χ2n) is 5.14. The number of benzene rings is 2. The summed E-state index contributed by atoms with van der Waals surface area (Å²) >= 11 is 1.60. The fraction of sp³-hybridized carbons (Fsp3) is 0.176. The molecule has 0 saturated carbocycles. The molecular weight excluding hydrogens is 282 g/mol. The lowest BCUT2D eigenvalue weighted by Crippen LogP contribution is -2.15. The highest BCUT2D eigenvalue weighted by Gasteiger charge is 2.22. The van der Waals surface area contributed by atoms with Gasteiger partial charge < -0.3 is 4.90 Å². The molecule has 0 unspecified atom stereocenters. The first-order valence-electron chi connectivity index (χ1n) is 6.69. The van der Waals surface area contributed by atoms with E-state index in [4.69, 9.17) is 0 Å². The molecule has 1 aliphatic heterocycles. The molecule has 1 heterocycles. The quantitative estimate of drug-likeness (QED) is 0.773. The Morgan fingerprint density at radius 1 is 0.857 bits per heavy atom. The largest absolute Gasteiger partial charge is 0.343 e.